The molecule has 0 aromatic rings. The van der Waals surface area contributed by atoms with Crippen molar-refractivity contribution in [2.45, 2.75) is 32.9 Å². The van der Waals surface area contributed by atoms with Gasteiger partial charge in [-0.1, -0.05) is 0 Å². The molecule has 0 fully saturated rings. The normalized spacial score (nSPS) is 12.4. The molecule has 0 aliphatic rings. The fourth-order valence-electron chi connectivity index (χ4n) is 1.36. The van der Waals surface area contributed by atoms with Crippen LogP contribution in [0.3, 0.4) is 0 Å². The van der Waals surface area contributed by atoms with Gasteiger partial charge in [-0.3, -0.25) is 4.79 Å². The number of rotatable bonds is 6. The predicted octanol–water partition coefficient (Wildman–Crippen LogP) is 0.868. The molecule has 0 saturated carbocycles. The lowest BCUT2D eigenvalue weighted by Gasteiger charge is -2.33. The van der Waals surface area contributed by atoms with Gasteiger partial charge in [-0.2, -0.15) is 0 Å². The second-order valence-electron chi connectivity index (χ2n) is 4.31. The summed E-state index contributed by atoms with van der Waals surface area (Å²) >= 11 is 0. The molecule has 6 nitrogen and oxygen atoms in total. The van der Waals surface area contributed by atoms with Crippen molar-refractivity contribution in [2.24, 2.45) is 0 Å². The van der Waals surface area contributed by atoms with Crippen LogP contribution in [0.4, 0.5) is 4.79 Å². The molecular weight excluding hydrogens is 224 g/mol. The zero-order valence-corrected chi connectivity index (χ0v) is 11.1. The summed E-state index contributed by atoms with van der Waals surface area (Å²) < 4.78 is 4.97. The standard InChI is InChI=1S/C11H22N2O4/c1-8(2)13(6-10(14)15)11(16)12(4)9(3)7-17-5/h8-9H,6-7H2,1-5H3,(H,14,15). The van der Waals surface area contributed by atoms with Crippen LogP contribution in [0.25, 0.3) is 0 Å². The molecule has 0 aliphatic heterocycles. The number of methoxy groups -OCH3 is 1. The monoisotopic (exact) mass is 246 g/mol. The van der Waals surface area contributed by atoms with Crippen LogP contribution in [-0.2, 0) is 9.53 Å². The van der Waals surface area contributed by atoms with Crippen molar-refractivity contribution in [1.29, 1.82) is 0 Å². The number of likely N-dealkylation sites (N-methyl/N-ethyl adjacent to an activating group) is 1. The maximum atomic E-state index is 12.1. The Labute approximate surface area is 102 Å². The summed E-state index contributed by atoms with van der Waals surface area (Å²) in [6, 6.07) is -0.551. The van der Waals surface area contributed by atoms with Crippen LogP contribution in [-0.4, -0.2) is 66.3 Å². The number of carboxylic acid groups (broad SMARTS) is 1. The Balaban J connectivity index is 4.65. The molecule has 1 N–H and O–H groups in total. The first-order valence-corrected chi connectivity index (χ1v) is 5.55. The van der Waals surface area contributed by atoms with Gasteiger partial charge in [0.05, 0.1) is 12.6 Å². The average molecular weight is 246 g/mol. The summed E-state index contributed by atoms with van der Waals surface area (Å²) in [6.45, 7) is 5.55. The molecule has 17 heavy (non-hydrogen) atoms. The molecule has 6 heteroatoms. The number of carbonyl (C=O) groups excluding carboxylic acids is 1. The molecule has 2 amide bonds. The molecule has 0 saturated heterocycles. The van der Waals surface area contributed by atoms with Crippen LogP contribution in [0, 0.1) is 0 Å². The summed E-state index contributed by atoms with van der Waals surface area (Å²) in [5.74, 6) is -1.01. The second-order valence-corrected chi connectivity index (χ2v) is 4.31. The van der Waals surface area contributed by atoms with E-state index in [-0.39, 0.29) is 24.7 Å². The minimum atomic E-state index is -1.01. The van der Waals surface area contributed by atoms with Crippen molar-refractivity contribution in [1.82, 2.24) is 9.80 Å². The lowest BCUT2D eigenvalue weighted by Crippen LogP contribution is -2.50. The lowest BCUT2D eigenvalue weighted by molar-refractivity contribution is -0.138. The van der Waals surface area contributed by atoms with Crippen molar-refractivity contribution in [3.05, 3.63) is 0 Å². The molecule has 100 valence electrons. The van der Waals surface area contributed by atoms with E-state index in [4.69, 9.17) is 9.84 Å². The third-order valence-corrected chi connectivity index (χ3v) is 2.55. The quantitative estimate of drug-likeness (QED) is 0.755. The molecule has 0 bridgehead atoms. The van der Waals surface area contributed by atoms with Crippen molar-refractivity contribution in [3.63, 3.8) is 0 Å². The molecule has 0 radical (unpaired) electrons. The summed E-state index contributed by atoms with van der Waals surface area (Å²) in [5, 5.41) is 8.77. The van der Waals surface area contributed by atoms with Crippen LogP contribution in [0.1, 0.15) is 20.8 Å². The minimum Gasteiger partial charge on any atom is -0.480 e. The van der Waals surface area contributed by atoms with E-state index in [0.717, 1.165) is 0 Å². The number of carbonyl (C=O) groups is 2. The zero-order chi connectivity index (χ0) is 13.6. The first kappa shape index (κ1) is 15.7. The van der Waals surface area contributed by atoms with E-state index < -0.39 is 5.97 Å². The number of hydrogen-bond acceptors (Lipinski definition) is 3. The van der Waals surface area contributed by atoms with Gasteiger partial charge >= 0.3 is 12.0 Å². The molecule has 0 aromatic carbocycles. The van der Waals surface area contributed by atoms with Crippen molar-refractivity contribution in [2.75, 3.05) is 27.3 Å². The fourth-order valence-corrected chi connectivity index (χ4v) is 1.36. The van der Waals surface area contributed by atoms with Crippen LogP contribution >= 0.6 is 0 Å². The summed E-state index contributed by atoms with van der Waals surface area (Å²) in [7, 11) is 3.20. The van der Waals surface area contributed by atoms with E-state index in [1.807, 2.05) is 6.92 Å². The smallest absolute Gasteiger partial charge is 0.323 e. The second kappa shape index (κ2) is 7.11. The SMILES string of the molecule is COCC(C)N(C)C(=O)N(CC(=O)O)C(C)C. The van der Waals surface area contributed by atoms with Crippen LogP contribution in [0.2, 0.25) is 0 Å². The van der Waals surface area contributed by atoms with E-state index >= 15 is 0 Å². The van der Waals surface area contributed by atoms with Crippen LogP contribution in [0.15, 0.2) is 0 Å². The first-order chi connectivity index (χ1) is 7.81. The largest absolute Gasteiger partial charge is 0.480 e. The number of carboxylic acids is 1. The Morgan fingerprint density at radius 2 is 1.82 bits per heavy atom. The Kier molecular flexibility index (Phi) is 6.57. The Hall–Kier alpha value is -1.30. The van der Waals surface area contributed by atoms with E-state index in [2.05, 4.69) is 0 Å². The van der Waals surface area contributed by atoms with E-state index in [1.165, 1.54) is 9.80 Å². The topological polar surface area (TPSA) is 70.1 Å². The molecular formula is C11H22N2O4. The van der Waals surface area contributed by atoms with Gasteiger partial charge < -0.3 is 19.6 Å². The molecule has 0 aliphatic carbocycles. The van der Waals surface area contributed by atoms with Crippen LogP contribution < -0.4 is 0 Å². The molecule has 0 aromatic heterocycles. The summed E-state index contributed by atoms with van der Waals surface area (Å²) in [4.78, 5) is 25.6. The lowest BCUT2D eigenvalue weighted by atomic mass is 10.3. The van der Waals surface area contributed by atoms with Crippen molar-refractivity contribution >= 4 is 12.0 Å². The number of aliphatic carboxylic acids is 1. The maximum Gasteiger partial charge on any atom is 0.323 e. The highest BCUT2D eigenvalue weighted by Crippen LogP contribution is 2.06. The molecule has 0 heterocycles. The number of ether oxygens (including phenoxy) is 1. The summed E-state index contributed by atoms with van der Waals surface area (Å²) in [6.07, 6.45) is 0. The fraction of sp³-hybridized carbons (Fsp3) is 0.818. The zero-order valence-electron chi connectivity index (χ0n) is 11.1. The van der Waals surface area contributed by atoms with Gasteiger partial charge in [0.25, 0.3) is 0 Å². The summed E-state index contributed by atoms with van der Waals surface area (Å²) in [5.41, 5.74) is 0. The van der Waals surface area contributed by atoms with E-state index in [0.29, 0.717) is 6.61 Å². The number of urea groups is 1. The average Bonchev–Trinajstić information content (AvgIpc) is 2.23. The van der Waals surface area contributed by atoms with Gasteiger partial charge in [0.1, 0.15) is 6.54 Å². The number of nitrogens with zero attached hydrogens (tertiary/aromatic N) is 2. The van der Waals surface area contributed by atoms with Gasteiger partial charge in [0.2, 0.25) is 0 Å². The van der Waals surface area contributed by atoms with Gasteiger partial charge in [-0.15, -0.1) is 0 Å². The molecule has 0 rings (SSSR count). The highest BCUT2D eigenvalue weighted by Gasteiger charge is 2.25. The van der Waals surface area contributed by atoms with Crippen molar-refractivity contribution in [3.8, 4) is 0 Å². The first-order valence-electron chi connectivity index (χ1n) is 5.55. The molecule has 1 atom stereocenters. The Morgan fingerprint density at radius 1 is 1.29 bits per heavy atom. The van der Waals surface area contributed by atoms with Crippen molar-refractivity contribution < 1.29 is 19.4 Å². The number of hydrogen-bond donors (Lipinski definition) is 1. The van der Waals surface area contributed by atoms with E-state index in [9.17, 15) is 9.59 Å². The van der Waals surface area contributed by atoms with Gasteiger partial charge in [0, 0.05) is 20.2 Å². The predicted molar refractivity (Wildman–Crippen MR) is 64.0 cm³/mol. The van der Waals surface area contributed by atoms with Gasteiger partial charge in [-0.05, 0) is 20.8 Å². The highest BCUT2D eigenvalue weighted by molar-refractivity contribution is 5.80. The minimum absolute atomic E-state index is 0.0949. The molecule has 1 unspecified atom stereocenters. The third kappa shape index (κ3) is 5.04. The van der Waals surface area contributed by atoms with E-state index in [1.54, 1.807) is 28.0 Å². The third-order valence-electron chi connectivity index (χ3n) is 2.55. The Morgan fingerprint density at radius 3 is 2.18 bits per heavy atom. The van der Waals surface area contributed by atoms with Gasteiger partial charge in [-0.25, -0.2) is 4.79 Å². The highest BCUT2D eigenvalue weighted by atomic mass is 16.5. The Bertz CT molecular complexity index is 268. The van der Waals surface area contributed by atoms with Gasteiger partial charge in [0.15, 0.2) is 0 Å². The maximum absolute atomic E-state index is 12.1. The van der Waals surface area contributed by atoms with Crippen LogP contribution in [0.5, 0.6) is 0 Å². The molecule has 0 spiro atoms. The number of amides is 2.